The lowest BCUT2D eigenvalue weighted by Gasteiger charge is -2.18. The Hall–Kier alpha value is -1.81. The number of nitrogens with zero attached hydrogens (tertiary/aromatic N) is 2. The minimum atomic E-state index is 0.0481. The molecule has 2 aromatic rings. The number of para-hydroxylation sites is 1. The van der Waals surface area contributed by atoms with Crippen molar-refractivity contribution in [3.63, 3.8) is 0 Å². The van der Waals surface area contributed by atoms with Crippen LogP contribution in [0.25, 0.3) is 10.9 Å². The van der Waals surface area contributed by atoms with Crippen LogP contribution < -0.4 is 5.32 Å². The van der Waals surface area contributed by atoms with E-state index in [0.29, 0.717) is 6.54 Å². The Morgan fingerprint density at radius 2 is 1.88 bits per heavy atom. The van der Waals surface area contributed by atoms with Gasteiger partial charge in [0.15, 0.2) is 0 Å². The van der Waals surface area contributed by atoms with Crippen molar-refractivity contribution >= 4 is 16.8 Å². The van der Waals surface area contributed by atoms with Crippen LogP contribution in [0.3, 0.4) is 0 Å². The van der Waals surface area contributed by atoms with Crippen LogP contribution in [0.15, 0.2) is 24.3 Å². The number of aryl methyl sites for hydroxylation is 2. The molecular weight excluding hydrogens is 298 g/mol. The van der Waals surface area contributed by atoms with E-state index in [4.69, 9.17) is 0 Å². The highest BCUT2D eigenvalue weighted by Crippen LogP contribution is 2.26. The van der Waals surface area contributed by atoms with Crippen LogP contribution in [0, 0.1) is 6.92 Å². The molecule has 1 aromatic carbocycles. The number of hydrogen-bond acceptors (Lipinski definition) is 2. The standard InChI is InChI=1S/C20H31N3O/c1-5-8-14-23-18-12-10-9-11-17(18)16(4)19(23)20(24)21-13-15-22(6-2)7-3/h9-12H,5-8,13-15H2,1-4H3,(H,21,24). The van der Waals surface area contributed by atoms with Crippen molar-refractivity contribution in [1.29, 1.82) is 0 Å². The largest absolute Gasteiger partial charge is 0.349 e. The van der Waals surface area contributed by atoms with Crippen LogP contribution in [0.4, 0.5) is 0 Å². The molecule has 4 nitrogen and oxygen atoms in total. The molecule has 0 radical (unpaired) electrons. The summed E-state index contributed by atoms with van der Waals surface area (Å²) in [5.41, 5.74) is 3.07. The van der Waals surface area contributed by atoms with E-state index in [1.807, 2.05) is 12.1 Å². The molecule has 24 heavy (non-hydrogen) atoms. The Kier molecular flexibility index (Phi) is 6.85. The van der Waals surface area contributed by atoms with Crippen molar-refractivity contribution in [1.82, 2.24) is 14.8 Å². The predicted octanol–water partition coefficient (Wildman–Crippen LogP) is 3.82. The predicted molar refractivity (Wildman–Crippen MR) is 102 cm³/mol. The average Bonchev–Trinajstić information content (AvgIpc) is 2.89. The molecule has 132 valence electrons. The summed E-state index contributed by atoms with van der Waals surface area (Å²) in [5.74, 6) is 0.0481. The highest BCUT2D eigenvalue weighted by atomic mass is 16.1. The molecule has 0 aliphatic rings. The van der Waals surface area contributed by atoms with E-state index in [9.17, 15) is 4.79 Å². The lowest BCUT2D eigenvalue weighted by Crippen LogP contribution is -2.35. The molecule has 0 saturated carbocycles. The molecule has 1 N–H and O–H groups in total. The zero-order chi connectivity index (χ0) is 17.5. The highest BCUT2D eigenvalue weighted by molar-refractivity contribution is 6.01. The minimum Gasteiger partial charge on any atom is -0.349 e. The van der Waals surface area contributed by atoms with Crippen LogP contribution in [0.1, 0.15) is 49.7 Å². The summed E-state index contributed by atoms with van der Waals surface area (Å²) in [7, 11) is 0. The number of carbonyl (C=O) groups excluding carboxylic acids is 1. The Balaban J connectivity index is 2.22. The second-order valence-corrected chi connectivity index (χ2v) is 6.28. The Labute approximate surface area is 145 Å². The lowest BCUT2D eigenvalue weighted by atomic mass is 10.1. The van der Waals surface area contributed by atoms with E-state index >= 15 is 0 Å². The van der Waals surface area contributed by atoms with Crippen molar-refractivity contribution in [2.75, 3.05) is 26.2 Å². The maximum Gasteiger partial charge on any atom is 0.268 e. The first-order valence-corrected chi connectivity index (χ1v) is 9.22. The molecule has 1 amide bonds. The number of hydrogen-bond donors (Lipinski definition) is 1. The second kappa shape index (κ2) is 8.88. The molecule has 0 bridgehead atoms. The molecular formula is C20H31N3O. The van der Waals surface area contributed by atoms with Gasteiger partial charge in [0.1, 0.15) is 5.69 Å². The molecule has 0 aliphatic heterocycles. The smallest absolute Gasteiger partial charge is 0.268 e. The molecule has 0 unspecified atom stereocenters. The van der Waals surface area contributed by atoms with Gasteiger partial charge < -0.3 is 14.8 Å². The monoisotopic (exact) mass is 329 g/mol. The molecule has 2 rings (SSSR count). The quantitative estimate of drug-likeness (QED) is 0.759. The van der Waals surface area contributed by atoms with Gasteiger partial charge in [0, 0.05) is 30.5 Å². The molecule has 0 atom stereocenters. The normalized spacial score (nSPS) is 11.4. The van der Waals surface area contributed by atoms with Crippen molar-refractivity contribution in [3.05, 3.63) is 35.5 Å². The maximum atomic E-state index is 12.8. The third-order valence-corrected chi connectivity index (χ3v) is 4.78. The van der Waals surface area contributed by atoms with Crippen molar-refractivity contribution < 1.29 is 4.79 Å². The lowest BCUT2D eigenvalue weighted by molar-refractivity contribution is 0.0939. The molecule has 1 aromatic heterocycles. The summed E-state index contributed by atoms with van der Waals surface area (Å²) in [5, 5.41) is 4.30. The van der Waals surface area contributed by atoms with Crippen molar-refractivity contribution in [2.24, 2.45) is 0 Å². The number of benzene rings is 1. The van der Waals surface area contributed by atoms with Gasteiger partial charge in [-0.25, -0.2) is 0 Å². The summed E-state index contributed by atoms with van der Waals surface area (Å²) >= 11 is 0. The fraction of sp³-hybridized carbons (Fsp3) is 0.550. The van der Waals surface area contributed by atoms with Gasteiger partial charge in [-0.1, -0.05) is 45.4 Å². The Morgan fingerprint density at radius 3 is 2.54 bits per heavy atom. The van der Waals surface area contributed by atoms with Crippen LogP contribution in [0.5, 0.6) is 0 Å². The Morgan fingerprint density at radius 1 is 1.17 bits per heavy atom. The van der Waals surface area contributed by atoms with Crippen LogP contribution in [-0.2, 0) is 6.54 Å². The van der Waals surface area contributed by atoms with Gasteiger partial charge in [0.25, 0.3) is 5.91 Å². The maximum absolute atomic E-state index is 12.8. The molecule has 0 saturated heterocycles. The molecule has 0 fully saturated rings. The summed E-state index contributed by atoms with van der Waals surface area (Å²) in [6, 6.07) is 8.32. The van der Waals surface area contributed by atoms with E-state index in [1.165, 1.54) is 5.39 Å². The third kappa shape index (κ3) is 3.99. The van der Waals surface area contributed by atoms with Gasteiger partial charge in [-0.3, -0.25) is 4.79 Å². The molecule has 1 heterocycles. The second-order valence-electron chi connectivity index (χ2n) is 6.28. The van der Waals surface area contributed by atoms with E-state index in [0.717, 1.165) is 55.8 Å². The zero-order valence-electron chi connectivity index (χ0n) is 15.6. The topological polar surface area (TPSA) is 37.3 Å². The average molecular weight is 329 g/mol. The van der Waals surface area contributed by atoms with Crippen molar-refractivity contribution in [3.8, 4) is 0 Å². The van der Waals surface area contributed by atoms with Gasteiger partial charge in [0.05, 0.1) is 0 Å². The number of likely N-dealkylation sites (N-methyl/N-ethyl adjacent to an activating group) is 1. The fourth-order valence-electron chi connectivity index (χ4n) is 3.27. The zero-order valence-corrected chi connectivity index (χ0v) is 15.6. The summed E-state index contributed by atoms with van der Waals surface area (Å²) in [6.45, 7) is 13.1. The van der Waals surface area contributed by atoms with Gasteiger partial charge in [-0.2, -0.15) is 0 Å². The number of amides is 1. The molecule has 0 aliphatic carbocycles. The van der Waals surface area contributed by atoms with E-state index in [2.05, 4.69) is 54.6 Å². The first kappa shape index (κ1) is 18.5. The highest BCUT2D eigenvalue weighted by Gasteiger charge is 2.19. The van der Waals surface area contributed by atoms with Crippen molar-refractivity contribution in [2.45, 2.75) is 47.1 Å². The number of aromatic nitrogens is 1. The number of fused-ring (bicyclic) bond motifs is 1. The van der Waals surface area contributed by atoms with E-state index < -0.39 is 0 Å². The first-order valence-electron chi connectivity index (χ1n) is 9.22. The fourth-order valence-corrected chi connectivity index (χ4v) is 3.27. The number of nitrogens with one attached hydrogen (secondary N) is 1. The van der Waals surface area contributed by atoms with E-state index in [1.54, 1.807) is 0 Å². The van der Waals surface area contributed by atoms with E-state index in [-0.39, 0.29) is 5.91 Å². The summed E-state index contributed by atoms with van der Waals surface area (Å²) in [6.07, 6.45) is 2.20. The SMILES string of the molecule is CCCCn1c(C(=O)NCCN(CC)CC)c(C)c2ccccc21. The molecule has 4 heteroatoms. The van der Waals surface area contributed by atoms with Crippen LogP contribution in [0.2, 0.25) is 0 Å². The van der Waals surface area contributed by atoms with Crippen LogP contribution >= 0.6 is 0 Å². The Bertz CT molecular complexity index is 671. The van der Waals surface area contributed by atoms with Gasteiger partial charge in [-0.15, -0.1) is 0 Å². The number of unbranched alkanes of at least 4 members (excludes halogenated alkanes) is 1. The molecule has 0 spiro atoms. The number of rotatable bonds is 9. The first-order chi connectivity index (χ1) is 11.6. The van der Waals surface area contributed by atoms with Gasteiger partial charge in [-0.05, 0) is 38.1 Å². The number of carbonyl (C=O) groups is 1. The van der Waals surface area contributed by atoms with Gasteiger partial charge >= 0.3 is 0 Å². The van der Waals surface area contributed by atoms with Gasteiger partial charge in [0.2, 0.25) is 0 Å². The van der Waals surface area contributed by atoms with Crippen LogP contribution in [-0.4, -0.2) is 41.6 Å². The summed E-state index contributed by atoms with van der Waals surface area (Å²) < 4.78 is 2.20. The third-order valence-electron chi connectivity index (χ3n) is 4.78. The minimum absolute atomic E-state index is 0.0481. The summed E-state index contributed by atoms with van der Waals surface area (Å²) in [4.78, 5) is 15.1.